The van der Waals surface area contributed by atoms with Crippen LogP contribution in [0.3, 0.4) is 0 Å². The zero-order valence-corrected chi connectivity index (χ0v) is 24.7. The van der Waals surface area contributed by atoms with E-state index in [4.69, 9.17) is 29.9 Å². The van der Waals surface area contributed by atoms with Crippen LogP contribution in [-0.2, 0) is 0 Å². The van der Waals surface area contributed by atoms with E-state index in [0.717, 1.165) is 11.1 Å². The molecule has 220 valence electrons. The van der Waals surface area contributed by atoms with Gasteiger partial charge in [0.15, 0.2) is 23.3 Å². The van der Waals surface area contributed by atoms with E-state index in [9.17, 15) is 9.90 Å². The standard InChI is InChI=1S/C35H28N8O2/c1-7-13-23-21(11-5)29-37-27-19(9-3)20(10-4)28(36-27)38-30-22(12-6)24(14-8-2)32(40-30)42-34-26-17-18(35(44)45)15-16-25(26)33(43-34)41-31(23)39-29/h7-17H,3-6H2,1-2H3,(H,44,45)(H2,36,37,38,39,40,41,42,43)/b13-7-,14-8-. The fourth-order valence-electron chi connectivity index (χ4n) is 5.35. The van der Waals surface area contributed by atoms with Crippen LogP contribution >= 0.6 is 0 Å². The van der Waals surface area contributed by atoms with Gasteiger partial charge in [-0.3, -0.25) is 0 Å². The summed E-state index contributed by atoms with van der Waals surface area (Å²) in [4.78, 5) is 47.7. The molecule has 10 nitrogen and oxygen atoms in total. The van der Waals surface area contributed by atoms with Crippen LogP contribution in [0.2, 0.25) is 0 Å². The summed E-state index contributed by atoms with van der Waals surface area (Å²) in [6.07, 6.45) is 14.3. The van der Waals surface area contributed by atoms with Crippen molar-refractivity contribution in [2.45, 2.75) is 13.8 Å². The Hall–Kier alpha value is -6.29. The number of carboxylic acid groups (broad SMARTS) is 1. The number of carbonyl (C=O) groups is 1. The monoisotopic (exact) mass is 592 g/mol. The van der Waals surface area contributed by atoms with Gasteiger partial charge >= 0.3 is 5.97 Å². The van der Waals surface area contributed by atoms with Gasteiger partial charge in [-0.05, 0) is 32.0 Å². The first-order valence-electron chi connectivity index (χ1n) is 14.0. The summed E-state index contributed by atoms with van der Waals surface area (Å²) in [5.41, 5.74) is 7.31. The maximum Gasteiger partial charge on any atom is 0.335 e. The first-order chi connectivity index (χ1) is 21.8. The molecule has 1 aromatic carbocycles. The van der Waals surface area contributed by atoms with Crippen molar-refractivity contribution in [2.75, 3.05) is 0 Å². The van der Waals surface area contributed by atoms with Crippen LogP contribution in [0.25, 0.3) is 80.8 Å². The van der Waals surface area contributed by atoms with Gasteiger partial charge in [-0.25, -0.2) is 34.7 Å². The Morgan fingerprint density at radius 1 is 0.622 bits per heavy atom. The average Bonchev–Trinajstić information content (AvgIpc) is 3.74. The molecule has 0 spiro atoms. The molecule has 0 aliphatic carbocycles. The van der Waals surface area contributed by atoms with Gasteiger partial charge in [0, 0.05) is 44.5 Å². The number of H-pyrrole nitrogens is 2. The van der Waals surface area contributed by atoms with Crippen molar-refractivity contribution >= 4 is 64.0 Å². The third kappa shape index (κ3) is 4.74. The van der Waals surface area contributed by atoms with Gasteiger partial charge in [0.1, 0.15) is 22.6 Å². The minimum absolute atomic E-state index is 0.101. The molecule has 6 rings (SSSR count). The highest BCUT2D eigenvalue weighted by Gasteiger charge is 2.24. The molecule has 3 N–H and O–H groups in total. The van der Waals surface area contributed by atoms with Crippen molar-refractivity contribution in [1.29, 1.82) is 0 Å². The van der Waals surface area contributed by atoms with Crippen molar-refractivity contribution in [1.82, 2.24) is 39.9 Å². The number of aromatic nitrogens is 8. The summed E-state index contributed by atoms with van der Waals surface area (Å²) in [5, 5.41) is 9.75. The van der Waals surface area contributed by atoms with Gasteiger partial charge in [-0.1, -0.05) is 74.9 Å². The molecule has 0 saturated heterocycles. The van der Waals surface area contributed by atoms with Crippen molar-refractivity contribution < 1.29 is 9.90 Å². The van der Waals surface area contributed by atoms with Crippen LogP contribution in [-0.4, -0.2) is 50.9 Å². The normalized spacial score (nSPS) is 12.5. The van der Waals surface area contributed by atoms with E-state index in [0.29, 0.717) is 73.5 Å². The molecule has 0 amide bonds. The van der Waals surface area contributed by atoms with Crippen LogP contribution in [0.1, 0.15) is 58.1 Å². The fourth-order valence-corrected chi connectivity index (χ4v) is 5.35. The van der Waals surface area contributed by atoms with Crippen LogP contribution in [0, 0.1) is 0 Å². The molecule has 8 bridgehead atoms. The van der Waals surface area contributed by atoms with E-state index in [-0.39, 0.29) is 11.4 Å². The Kier molecular flexibility index (Phi) is 7.31. The maximum atomic E-state index is 11.9. The molecule has 2 aliphatic heterocycles. The number of benzene rings is 1. The van der Waals surface area contributed by atoms with Crippen molar-refractivity contribution in [3.8, 4) is 22.8 Å². The molecule has 3 aromatic heterocycles. The number of fused-ring (bicyclic) bond motifs is 11. The first kappa shape index (κ1) is 28.8. The number of hydrogen-bond acceptors (Lipinski definition) is 7. The van der Waals surface area contributed by atoms with E-state index in [1.165, 1.54) is 6.07 Å². The summed E-state index contributed by atoms with van der Waals surface area (Å²) >= 11 is 0. The van der Waals surface area contributed by atoms with Crippen molar-refractivity contribution in [2.24, 2.45) is 0 Å². The molecule has 4 aromatic rings. The minimum atomic E-state index is -1.06. The molecule has 0 unspecified atom stereocenters. The Morgan fingerprint density at radius 3 is 1.51 bits per heavy atom. The number of hydrogen-bond donors (Lipinski definition) is 3. The highest BCUT2D eigenvalue weighted by atomic mass is 16.4. The Balaban J connectivity index is 1.88. The zero-order chi connectivity index (χ0) is 31.8. The van der Waals surface area contributed by atoms with Gasteiger partial charge in [0.2, 0.25) is 0 Å². The molecule has 2 aliphatic rings. The predicted octanol–water partition coefficient (Wildman–Crippen LogP) is 7.56. The number of aromatic amines is 2. The van der Waals surface area contributed by atoms with Crippen LogP contribution < -0.4 is 0 Å². The van der Waals surface area contributed by atoms with Gasteiger partial charge in [-0.15, -0.1) is 0 Å². The molecule has 0 saturated carbocycles. The Morgan fingerprint density at radius 2 is 1.07 bits per heavy atom. The highest BCUT2D eigenvalue weighted by molar-refractivity contribution is 5.99. The van der Waals surface area contributed by atoms with Gasteiger partial charge in [0.25, 0.3) is 0 Å². The lowest BCUT2D eigenvalue weighted by atomic mass is 10.0. The molecule has 45 heavy (non-hydrogen) atoms. The maximum absolute atomic E-state index is 11.9. The summed E-state index contributed by atoms with van der Waals surface area (Å²) < 4.78 is 0. The number of allylic oxidation sites excluding steroid dienone is 6. The van der Waals surface area contributed by atoms with E-state index in [1.807, 2.05) is 38.2 Å². The third-order valence-electron chi connectivity index (χ3n) is 7.37. The summed E-state index contributed by atoms with van der Waals surface area (Å²) in [7, 11) is 0. The zero-order valence-electron chi connectivity index (χ0n) is 24.7. The molecule has 0 radical (unpaired) electrons. The van der Waals surface area contributed by atoms with Gasteiger partial charge < -0.3 is 15.1 Å². The lowest BCUT2D eigenvalue weighted by Crippen LogP contribution is -1.96. The number of rotatable bonds is 7. The molecule has 5 heterocycles. The first-order valence-corrected chi connectivity index (χ1v) is 14.0. The second-order valence-electron chi connectivity index (χ2n) is 9.97. The van der Waals surface area contributed by atoms with Gasteiger partial charge in [-0.2, -0.15) is 0 Å². The van der Waals surface area contributed by atoms with E-state index < -0.39 is 5.97 Å². The van der Waals surface area contributed by atoms with E-state index in [2.05, 4.69) is 36.3 Å². The van der Waals surface area contributed by atoms with Crippen LogP contribution in [0.15, 0.2) is 68.8 Å². The lowest BCUT2D eigenvalue weighted by Gasteiger charge is -2.00. The smallest absolute Gasteiger partial charge is 0.335 e. The lowest BCUT2D eigenvalue weighted by molar-refractivity contribution is 0.0697. The number of aromatic carboxylic acids is 1. The SMILES string of the molecule is C=CC1=C(C=C)c2nc1nc1[nH]c(nc3nc(nc4[nH]c(n2)c(C=C)c4/C=C\C)-c2cc(C(=O)O)ccc2-3)c(/C=C\C)c1C=C. The molecule has 10 heteroatoms. The average molecular weight is 593 g/mol. The quantitative estimate of drug-likeness (QED) is 0.175. The second-order valence-corrected chi connectivity index (χ2v) is 9.97. The van der Waals surface area contributed by atoms with Gasteiger partial charge in [0.05, 0.1) is 5.56 Å². The minimum Gasteiger partial charge on any atom is -0.478 e. The molecular weight excluding hydrogens is 564 g/mol. The second kappa shape index (κ2) is 11.4. The molecule has 0 atom stereocenters. The predicted molar refractivity (Wildman–Crippen MR) is 180 cm³/mol. The Bertz CT molecular complexity index is 2250. The summed E-state index contributed by atoms with van der Waals surface area (Å²) in [5.74, 6) is 0.342. The van der Waals surface area contributed by atoms with Crippen LogP contribution in [0.4, 0.5) is 0 Å². The topological polar surface area (TPSA) is 146 Å². The summed E-state index contributed by atoms with van der Waals surface area (Å²) in [6.45, 7) is 19.8. The largest absolute Gasteiger partial charge is 0.478 e. The van der Waals surface area contributed by atoms with Crippen LogP contribution in [0.5, 0.6) is 0 Å². The van der Waals surface area contributed by atoms with Crippen molar-refractivity contribution in [3.05, 3.63) is 108 Å². The van der Waals surface area contributed by atoms with Crippen molar-refractivity contribution in [3.63, 3.8) is 0 Å². The fraction of sp³-hybridized carbons (Fsp3) is 0.0571. The number of carboxylic acids is 1. The number of nitrogens with one attached hydrogen (secondary N) is 2. The molecule has 0 fully saturated rings. The summed E-state index contributed by atoms with van der Waals surface area (Å²) in [6, 6.07) is 4.76. The molecular formula is C35H28N8O2. The third-order valence-corrected chi connectivity index (χ3v) is 7.37. The highest BCUT2D eigenvalue weighted by Crippen LogP contribution is 2.36. The van der Waals surface area contributed by atoms with E-state index >= 15 is 0 Å². The Labute approximate surface area is 258 Å². The number of nitrogens with zero attached hydrogens (tertiary/aromatic N) is 6. The van der Waals surface area contributed by atoms with E-state index in [1.54, 1.807) is 36.4 Å².